The molecule has 0 fully saturated rings. The first-order valence-corrected chi connectivity index (χ1v) is 6.32. The fraction of sp³-hybridized carbons (Fsp3) is 0.438. The van der Waals surface area contributed by atoms with Crippen molar-refractivity contribution < 1.29 is 13.9 Å². The molecule has 0 spiro atoms. The molecule has 0 aliphatic rings. The molecule has 0 bridgehead atoms. The Balaban J connectivity index is 4.24. The van der Waals surface area contributed by atoms with Crippen molar-refractivity contribution in [1.29, 1.82) is 0 Å². The van der Waals surface area contributed by atoms with Gasteiger partial charge in [0.05, 0.1) is 6.10 Å². The van der Waals surface area contributed by atoms with Gasteiger partial charge in [0.15, 0.2) is 0 Å². The summed E-state index contributed by atoms with van der Waals surface area (Å²) in [4.78, 5) is 11.0. The van der Waals surface area contributed by atoms with Gasteiger partial charge in [0, 0.05) is 6.08 Å². The van der Waals surface area contributed by atoms with E-state index in [2.05, 4.69) is 19.7 Å². The summed E-state index contributed by atoms with van der Waals surface area (Å²) in [6.45, 7) is 16.0. The van der Waals surface area contributed by atoms with E-state index in [1.807, 2.05) is 13.8 Å². The quantitative estimate of drug-likeness (QED) is 0.367. The molecule has 2 nitrogen and oxygen atoms in total. The summed E-state index contributed by atoms with van der Waals surface area (Å²) >= 11 is 0. The van der Waals surface area contributed by atoms with Gasteiger partial charge in [-0.1, -0.05) is 38.3 Å². The van der Waals surface area contributed by atoms with Crippen molar-refractivity contribution in [2.45, 2.75) is 39.7 Å². The lowest BCUT2D eigenvalue weighted by molar-refractivity contribution is -0.142. The molecule has 0 radical (unpaired) electrons. The van der Waals surface area contributed by atoms with E-state index in [1.54, 1.807) is 13.0 Å². The maximum Gasteiger partial charge on any atom is 0.330 e. The van der Waals surface area contributed by atoms with Gasteiger partial charge in [-0.15, -0.1) is 0 Å². The van der Waals surface area contributed by atoms with Gasteiger partial charge < -0.3 is 4.74 Å². The van der Waals surface area contributed by atoms with E-state index < -0.39 is 11.8 Å². The van der Waals surface area contributed by atoms with Crippen LogP contribution in [0, 0.1) is 5.92 Å². The van der Waals surface area contributed by atoms with Crippen molar-refractivity contribution in [3.05, 3.63) is 48.9 Å². The molecule has 0 aliphatic carbocycles. The number of halogens is 1. The zero-order chi connectivity index (χ0) is 15.0. The van der Waals surface area contributed by atoms with Crippen molar-refractivity contribution in [2.75, 3.05) is 0 Å². The molecule has 2 unspecified atom stereocenters. The summed E-state index contributed by atoms with van der Waals surface area (Å²) in [7, 11) is 0. The van der Waals surface area contributed by atoms with E-state index in [4.69, 9.17) is 4.74 Å². The number of allylic oxidation sites excluding steroid dienone is 4. The Morgan fingerprint density at radius 2 is 1.89 bits per heavy atom. The molecule has 0 saturated heterocycles. The topological polar surface area (TPSA) is 26.3 Å². The van der Waals surface area contributed by atoms with Crippen molar-refractivity contribution in [1.82, 2.24) is 0 Å². The van der Waals surface area contributed by atoms with Gasteiger partial charge in [0.2, 0.25) is 0 Å². The van der Waals surface area contributed by atoms with Crippen molar-refractivity contribution in [3.8, 4) is 0 Å². The third-order valence-electron chi connectivity index (χ3n) is 2.95. The summed E-state index contributed by atoms with van der Waals surface area (Å²) < 4.78 is 17.9. The lowest BCUT2D eigenvalue weighted by atomic mass is 9.94. The third kappa shape index (κ3) is 7.39. The minimum Gasteiger partial charge on any atom is -0.460 e. The number of rotatable bonds is 8. The van der Waals surface area contributed by atoms with Gasteiger partial charge in [-0.05, 0) is 38.2 Å². The first-order chi connectivity index (χ1) is 8.77. The summed E-state index contributed by atoms with van der Waals surface area (Å²) in [5.74, 6) is -0.663. The summed E-state index contributed by atoms with van der Waals surface area (Å²) in [6, 6.07) is 0. The zero-order valence-electron chi connectivity index (χ0n) is 12.0. The highest BCUT2D eigenvalue weighted by Crippen LogP contribution is 2.21. The molecule has 0 aromatic heterocycles. The van der Waals surface area contributed by atoms with E-state index in [0.29, 0.717) is 5.57 Å². The van der Waals surface area contributed by atoms with Gasteiger partial charge in [0.25, 0.3) is 0 Å². The van der Waals surface area contributed by atoms with Crippen LogP contribution >= 0.6 is 0 Å². The standard InChI is InChI=1S/C16H23FO2/c1-7-16(18)19-14(5)9-8-11(2)12(3)10-13(4)15(6)17/h7,10-11,14H,1,3,6,8-9H2,2,4-5H3/b13-10-. The maximum absolute atomic E-state index is 12.8. The molecular weight excluding hydrogens is 243 g/mol. The van der Waals surface area contributed by atoms with Crippen LogP contribution in [0.3, 0.4) is 0 Å². The van der Waals surface area contributed by atoms with E-state index in [0.717, 1.165) is 24.5 Å². The van der Waals surface area contributed by atoms with Crippen molar-refractivity contribution >= 4 is 5.97 Å². The first-order valence-electron chi connectivity index (χ1n) is 6.32. The predicted molar refractivity (Wildman–Crippen MR) is 77.3 cm³/mol. The highest BCUT2D eigenvalue weighted by Gasteiger charge is 2.11. The Hall–Kier alpha value is -1.64. The maximum atomic E-state index is 12.8. The van der Waals surface area contributed by atoms with Crippen LogP contribution in [0.25, 0.3) is 0 Å². The minimum absolute atomic E-state index is 0.165. The second kappa shape index (κ2) is 8.46. The van der Waals surface area contributed by atoms with E-state index >= 15 is 0 Å². The predicted octanol–water partition coefficient (Wildman–Crippen LogP) is 4.51. The normalized spacial score (nSPS) is 14.4. The second-order valence-electron chi connectivity index (χ2n) is 4.74. The molecule has 106 valence electrons. The Morgan fingerprint density at radius 1 is 1.32 bits per heavy atom. The molecule has 19 heavy (non-hydrogen) atoms. The molecule has 0 heterocycles. The molecule has 2 atom stereocenters. The van der Waals surface area contributed by atoms with Gasteiger partial charge >= 0.3 is 5.97 Å². The Morgan fingerprint density at radius 3 is 2.37 bits per heavy atom. The molecule has 0 aromatic carbocycles. The average Bonchev–Trinajstić information content (AvgIpc) is 2.35. The van der Waals surface area contributed by atoms with Crippen molar-refractivity contribution in [2.24, 2.45) is 5.92 Å². The van der Waals surface area contributed by atoms with E-state index in [-0.39, 0.29) is 12.0 Å². The van der Waals surface area contributed by atoms with Crippen molar-refractivity contribution in [3.63, 3.8) is 0 Å². The van der Waals surface area contributed by atoms with Gasteiger partial charge in [-0.25, -0.2) is 9.18 Å². The fourth-order valence-electron chi connectivity index (χ4n) is 1.47. The lowest BCUT2D eigenvalue weighted by Gasteiger charge is -2.16. The molecule has 0 amide bonds. The molecule has 0 aromatic rings. The molecular formula is C16H23FO2. The number of hydrogen-bond donors (Lipinski definition) is 0. The summed E-state index contributed by atoms with van der Waals surface area (Å²) in [5, 5.41) is 0. The largest absolute Gasteiger partial charge is 0.460 e. The third-order valence-corrected chi connectivity index (χ3v) is 2.95. The Labute approximate surface area is 115 Å². The monoisotopic (exact) mass is 266 g/mol. The van der Waals surface area contributed by atoms with Crippen LogP contribution in [0.15, 0.2) is 48.9 Å². The van der Waals surface area contributed by atoms with Crippen LogP contribution < -0.4 is 0 Å². The number of ether oxygens (including phenoxy) is 1. The first kappa shape index (κ1) is 17.4. The molecule has 0 aliphatic heterocycles. The smallest absolute Gasteiger partial charge is 0.330 e. The number of carbonyl (C=O) groups is 1. The molecule has 0 N–H and O–H groups in total. The summed E-state index contributed by atoms with van der Waals surface area (Å²) in [6.07, 6.45) is 4.23. The molecule has 0 rings (SSSR count). The van der Waals surface area contributed by atoms with Crippen LogP contribution in [-0.2, 0) is 9.53 Å². The number of hydrogen-bond acceptors (Lipinski definition) is 2. The average molecular weight is 266 g/mol. The summed E-state index contributed by atoms with van der Waals surface area (Å²) in [5.41, 5.74) is 1.33. The van der Waals surface area contributed by atoms with Crippen LogP contribution in [-0.4, -0.2) is 12.1 Å². The Kier molecular flexibility index (Phi) is 7.73. The molecule has 0 saturated carbocycles. The zero-order valence-corrected chi connectivity index (χ0v) is 12.0. The van der Waals surface area contributed by atoms with E-state index in [1.165, 1.54) is 0 Å². The minimum atomic E-state index is -0.443. The molecule has 3 heteroatoms. The SMILES string of the molecule is C=CC(=O)OC(C)CCC(C)C(=C)/C=C(/C)C(=C)F. The highest BCUT2D eigenvalue weighted by atomic mass is 19.1. The van der Waals surface area contributed by atoms with Gasteiger partial charge in [0.1, 0.15) is 5.83 Å². The lowest BCUT2D eigenvalue weighted by Crippen LogP contribution is -2.14. The van der Waals surface area contributed by atoms with Crippen LogP contribution in [0.4, 0.5) is 4.39 Å². The van der Waals surface area contributed by atoms with Crippen LogP contribution in [0.5, 0.6) is 0 Å². The second-order valence-corrected chi connectivity index (χ2v) is 4.74. The van der Waals surface area contributed by atoms with Crippen LogP contribution in [0.1, 0.15) is 33.6 Å². The highest BCUT2D eigenvalue weighted by molar-refractivity contribution is 5.81. The van der Waals surface area contributed by atoms with Gasteiger partial charge in [-0.3, -0.25) is 0 Å². The Bertz CT molecular complexity index is 394. The van der Waals surface area contributed by atoms with Gasteiger partial charge in [-0.2, -0.15) is 0 Å². The van der Waals surface area contributed by atoms with Crippen LogP contribution in [0.2, 0.25) is 0 Å². The van der Waals surface area contributed by atoms with E-state index in [9.17, 15) is 9.18 Å². The number of esters is 1. The number of carbonyl (C=O) groups excluding carboxylic acids is 1. The fourth-order valence-corrected chi connectivity index (χ4v) is 1.47.